The number of carbonyl (C=O) groups excluding carboxylic acids is 3. The van der Waals surface area contributed by atoms with Crippen molar-refractivity contribution in [3.05, 3.63) is 34.8 Å². The van der Waals surface area contributed by atoms with Crippen LogP contribution in [-0.2, 0) is 20.9 Å². The van der Waals surface area contributed by atoms with Crippen molar-refractivity contribution in [3.63, 3.8) is 0 Å². The van der Waals surface area contributed by atoms with Gasteiger partial charge in [-0.15, -0.1) is 0 Å². The summed E-state index contributed by atoms with van der Waals surface area (Å²) < 4.78 is 45.5. The van der Waals surface area contributed by atoms with E-state index in [4.69, 9.17) is 4.42 Å². The van der Waals surface area contributed by atoms with Gasteiger partial charge in [-0.05, 0) is 37.1 Å². The summed E-state index contributed by atoms with van der Waals surface area (Å²) in [6.07, 6.45) is 1.09. The molecule has 0 spiro atoms. The molecule has 1 aliphatic rings. The summed E-state index contributed by atoms with van der Waals surface area (Å²) in [7, 11) is 0. The number of ketones is 1. The number of fused-ring (bicyclic) bond motifs is 1. The zero-order valence-corrected chi connectivity index (χ0v) is 21.0. The first-order valence-electron chi connectivity index (χ1n) is 12.1. The number of halogens is 3. The number of rotatable bonds is 13. The highest BCUT2D eigenvalue weighted by Gasteiger charge is 2.37. The Morgan fingerprint density at radius 2 is 1.97 bits per heavy atom. The first-order chi connectivity index (χ1) is 17.6. The number of aromatic nitrogens is 1. The fourth-order valence-corrected chi connectivity index (χ4v) is 4.81. The van der Waals surface area contributed by atoms with Crippen LogP contribution in [0.25, 0.3) is 11.1 Å². The maximum Gasteiger partial charge on any atom is 0.450 e. The zero-order valence-electron chi connectivity index (χ0n) is 20.2. The average molecular weight is 544 g/mol. The summed E-state index contributed by atoms with van der Waals surface area (Å²) >= 11 is 0.850. The predicted molar refractivity (Wildman–Crippen MR) is 133 cm³/mol. The van der Waals surface area contributed by atoms with Crippen molar-refractivity contribution >= 4 is 46.7 Å². The molecule has 0 saturated carbocycles. The molecule has 0 saturated heterocycles. The molecule has 2 heterocycles. The summed E-state index contributed by atoms with van der Waals surface area (Å²) in [6, 6.07) is 5.82. The van der Waals surface area contributed by atoms with Crippen LogP contribution in [0.4, 0.5) is 13.2 Å². The van der Waals surface area contributed by atoms with Crippen LogP contribution in [0.3, 0.4) is 0 Å². The molecule has 2 N–H and O–H groups in total. The third kappa shape index (κ3) is 8.85. The molecule has 202 valence electrons. The van der Waals surface area contributed by atoms with E-state index in [0.29, 0.717) is 30.6 Å². The minimum Gasteiger partial charge on any atom is -0.408 e. The normalized spacial score (nSPS) is 14.8. The Kier molecular flexibility index (Phi) is 10.5. The van der Waals surface area contributed by atoms with Gasteiger partial charge in [-0.3, -0.25) is 29.6 Å². The molecule has 37 heavy (non-hydrogen) atoms. The molecule has 2 amide bonds. The summed E-state index contributed by atoms with van der Waals surface area (Å²) in [5, 5.41) is 5.43. The summed E-state index contributed by atoms with van der Waals surface area (Å²) in [4.78, 5) is 48.6. The van der Waals surface area contributed by atoms with Crippen molar-refractivity contribution in [2.45, 2.75) is 50.9 Å². The van der Waals surface area contributed by atoms with Crippen LogP contribution in [0.2, 0.25) is 0 Å². The molecule has 3 rings (SSSR count). The number of nitrogens with one attached hydrogen (secondary N) is 2. The monoisotopic (exact) mass is 543 g/mol. The van der Waals surface area contributed by atoms with Gasteiger partial charge in [0, 0.05) is 12.8 Å². The van der Waals surface area contributed by atoms with Gasteiger partial charge in [-0.25, -0.2) is 9.37 Å². The molecule has 1 aromatic heterocycles. The number of Topliss-reactive ketones (excluding diaryl/α,β-unsaturated/α-hetero) is 1. The molecule has 1 aliphatic heterocycles. The van der Waals surface area contributed by atoms with Crippen molar-refractivity contribution < 1.29 is 36.5 Å². The van der Waals surface area contributed by atoms with Gasteiger partial charge >= 0.3 is 11.9 Å². The zero-order chi connectivity index (χ0) is 26.8. The molecule has 13 heteroatoms. The van der Waals surface area contributed by atoms with E-state index in [0.717, 1.165) is 42.1 Å². The van der Waals surface area contributed by atoms with E-state index in [1.807, 2.05) is 0 Å². The summed E-state index contributed by atoms with van der Waals surface area (Å²) in [5.74, 6) is -4.23. The number of alkyl halides is 3. The largest absolute Gasteiger partial charge is 0.450 e. The van der Waals surface area contributed by atoms with Crippen LogP contribution in [-0.4, -0.2) is 76.3 Å². The second-order valence-electron chi connectivity index (χ2n) is 8.67. The lowest BCUT2D eigenvalue weighted by molar-refractivity contribution is -0.526. The van der Waals surface area contributed by atoms with Gasteiger partial charge in [-0.2, -0.15) is 24.9 Å². The smallest absolute Gasteiger partial charge is 0.408 e. The Balaban J connectivity index is 1.55. The Bertz CT molecular complexity index is 1190. The number of hydrogen-bond donors (Lipinski definition) is 2. The highest BCUT2D eigenvalue weighted by atomic mass is 32.2. The van der Waals surface area contributed by atoms with E-state index in [2.05, 4.69) is 21.4 Å². The molecule has 2 aromatic rings. The lowest BCUT2D eigenvalue weighted by Gasteiger charge is -2.18. The van der Waals surface area contributed by atoms with Gasteiger partial charge < -0.3 is 4.42 Å². The molecule has 1 atom stereocenters. The van der Waals surface area contributed by atoms with Crippen molar-refractivity contribution in [2.75, 3.05) is 31.1 Å². The lowest BCUT2D eigenvalue weighted by atomic mass is 10.1. The lowest BCUT2D eigenvalue weighted by Crippen LogP contribution is -2.48. The van der Waals surface area contributed by atoms with E-state index in [9.17, 15) is 32.3 Å². The number of para-hydroxylation sites is 2. The quantitative estimate of drug-likeness (QED) is 0.294. The molecule has 9 nitrogen and oxygen atoms in total. The molecular formula is C24H30F3N4O5S+. The number of carbonyl (C=O) groups is 3. The number of imide groups is 1. The van der Waals surface area contributed by atoms with E-state index in [1.165, 1.54) is 0 Å². The second kappa shape index (κ2) is 13.6. The highest BCUT2D eigenvalue weighted by Crippen LogP contribution is 2.19. The Hall–Kier alpha value is -2.93. The van der Waals surface area contributed by atoms with Gasteiger partial charge in [0.2, 0.25) is 17.6 Å². The van der Waals surface area contributed by atoms with Gasteiger partial charge in [-0.1, -0.05) is 12.1 Å². The fourth-order valence-electron chi connectivity index (χ4n) is 3.94. The van der Waals surface area contributed by atoms with E-state index in [1.54, 1.807) is 24.3 Å². The first-order valence-corrected chi connectivity index (χ1v) is 13.2. The number of hydrogen-bond acceptors (Lipinski definition) is 7. The second-order valence-corrected chi connectivity index (χ2v) is 9.78. The van der Waals surface area contributed by atoms with Crippen LogP contribution in [0.15, 0.2) is 33.5 Å². The highest BCUT2D eigenvalue weighted by molar-refractivity contribution is 7.99. The molecule has 0 unspecified atom stereocenters. The van der Waals surface area contributed by atoms with Gasteiger partial charge in [0.15, 0.2) is 12.1 Å². The number of thioether (sulfide) groups is 1. The van der Waals surface area contributed by atoms with Crippen LogP contribution in [0, 0.1) is 0 Å². The number of benzene rings is 1. The SMILES string of the molecule is O=C(Cn1c(=O)oc2ccccc21)NC(=O)[C@H](CCCSCC(=O)C(F)(F)F)NCC[N+]1=CCCCC1. The number of amides is 2. The van der Waals surface area contributed by atoms with Crippen molar-refractivity contribution in [1.29, 1.82) is 0 Å². The minimum atomic E-state index is -4.86. The van der Waals surface area contributed by atoms with Crippen LogP contribution in [0.5, 0.6) is 0 Å². The third-order valence-corrected chi connectivity index (χ3v) is 6.91. The molecule has 0 bridgehead atoms. The Labute approximate surface area is 215 Å². The van der Waals surface area contributed by atoms with Crippen LogP contribution < -0.4 is 16.4 Å². The van der Waals surface area contributed by atoms with E-state index in [-0.39, 0.29) is 12.2 Å². The van der Waals surface area contributed by atoms with E-state index >= 15 is 0 Å². The van der Waals surface area contributed by atoms with Crippen LogP contribution >= 0.6 is 11.8 Å². The fraction of sp³-hybridized carbons (Fsp3) is 0.542. The van der Waals surface area contributed by atoms with Crippen molar-refractivity contribution in [2.24, 2.45) is 0 Å². The number of nitrogens with zero attached hydrogens (tertiary/aromatic N) is 2. The summed E-state index contributed by atoms with van der Waals surface area (Å²) in [6.45, 7) is 1.65. The topological polar surface area (TPSA) is 113 Å². The van der Waals surface area contributed by atoms with Crippen molar-refractivity contribution in [1.82, 2.24) is 15.2 Å². The van der Waals surface area contributed by atoms with Crippen LogP contribution in [0.1, 0.15) is 32.1 Å². The average Bonchev–Trinajstić information content (AvgIpc) is 3.17. The Morgan fingerprint density at radius 1 is 1.19 bits per heavy atom. The maximum absolute atomic E-state index is 12.9. The molecular weight excluding hydrogens is 513 g/mol. The predicted octanol–water partition coefficient (Wildman–Crippen LogP) is 2.11. The van der Waals surface area contributed by atoms with Gasteiger partial charge in [0.25, 0.3) is 0 Å². The van der Waals surface area contributed by atoms with Gasteiger partial charge in [0.05, 0.1) is 23.9 Å². The molecule has 1 aromatic carbocycles. The number of oxazole rings is 1. The van der Waals surface area contributed by atoms with Gasteiger partial charge in [0.1, 0.15) is 19.3 Å². The van der Waals surface area contributed by atoms with E-state index < -0.39 is 47.9 Å². The molecule has 0 aliphatic carbocycles. The summed E-state index contributed by atoms with van der Waals surface area (Å²) in [5.41, 5.74) is 0.746. The minimum absolute atomic E-state index is 0.248. The molecule has 0 fully saturated rings. The first kappa shape index (κ1) is 28.6. The Morgan fingerprint density at radius 3 is 2.70 bits per heavy atom. The van der Waals surface area contributed by atoms with Crippen molar-refractivity contribution in [3.8, 4) is 0 Å². The third-order valence-electron chi connectivity index (χ3n) is 5.86. The standard InChI is InChI=1S/C24H29F3N4O5S/c25-24(26,27)20(32)16-37-14-6-7-17(28-10-13-30-11-4-1-5-12-30)22(34)29-21(33)15-31-18-8-2-3-9-19(18)36-23(31)35/h2-3,8-9,11,17,28H,1,4-7,10,12-16H2/p+1/t17-/m0/s1. The molecule has 0 radical (unpaired) electrons. The maximum atomic E-state index is 12.9.